The first-order valence-corrected chi connectivity index (χ1v) is 6.73. The molecule has 7 heteroatoms. The van der Waals surface area contributed by atoms with Crippen LogP contribution in [0, 0.1) is 24.0 Å². The van der Waals surface area contributed by atoms with E-state index in [0.29, 0.717) is 19.2 Å². The number of hydrogen-bond donors (Lipinski definition) is 1. The number of halogens is 2. The number of hydrogen-bond acceptors (Lipinski definition) is 2. The second kappa shape index (κ2) is 6.89. The second-order valence-corrected chi connectivity index (χ2v) is 4.77. The summed E-state index contributed by atoms with van der Waals surface area (Å²) in [5, 5.41) is 2.54. The summed E-state index contributed by atoms with van der Waals surface area (Å²) in [5.74, 6) is 0.167. The van der Waals surface area contributed by atoms with E-state index >= 15 is 0 Å². The number of carbonyl (C=O) groups excluding carboxylic acids is 2. The lowest BCUT2D eigenvalue weighted by Crippen LogP contribution is -2.53. The molecule has 0 atom stereocenters. The van der Waals surface area contributed by atoms with Crippen molar-refractivity contribution in [3.8, 4) is 12.3 Å². The Kier molecular flexibility index (Phi) is 4.94. The number of carbonyl (C=O) groups is 2. The Balaban J connectivity index is 1.95. The van der Waals surface area contributed by atoms with Gasteiger partial charge in [0.1, 0.15) is 11.6 Å². The predicted molar refractivity (Wildman–Crippen MR) is 76.1 cm³/mol. The standard InChI is InChI=1S/C15H15F2N3O2/c1-2-5-18-15(22)20-8-6-19(7-9-20)14(21)12-4-3-11(16)10-13(12)17/h1,3-4,10H,5-9H2,(H,18,22). The van der Waals surface area contributed by atoms with Crippen LogP contribution in [0.4, 0.5) is 13.6 Å². The van der Waals surface area contributed by atoms with Gasteiger partial charge in [-0.25, -0.2) is 13.6 Å². The predicted octanol–water partition coefficient (Wildman–Crippen LogP) is 1.07. The summed E-state index contributed by atoms with van der Waals surface area (Å²) in [6.07, 6.45) is 5.06. The van der Waals surface area contributed by atoms with Gasteiger partial charge in [0, 0.05) is 32.2 Å². The first-order chi connectivity index (χ1) is 10.5. The highest BCUT2D eigenvalue weighted by atomic mass is 19.1. The zero-order chi connectivity index (χ0) is 16.1. The monoisotopic (exact) mass is 307 g/mol. The number of nitrogens with one attached hydrogen (secondary N) is 1. The van der Waals surface area contributed by atoms with Gasteiger partial charge in [0.15, 0.2) is 0 Å². The van der Waals surface area contributed by atoms with E-state index in [4.69, 9.17) is 6.42 Å². The van der Waals surface area contributed by atoms with Crippen LogP contribution in [0.25, 0.3) is 0 Å². The fourth-order valence-corrected chi connectivity index (χ4v) is 2.18. The zero-order valence-electron chi connectivity index (χ0n) is 11.8. The van der Waals surface area contributed by atoms with Gasteiger partial charge in [0.25, 0.3) is 5.91 Å². The second-order valence-electron chi connectivity index (χ2n) is 4.77. The SMILES string of the molecule is C#CCNC(=O)N1CCN(C(=O)c2ccc(F)cc2F)CC1. The quantitative estimate of drug-likeness (QED) is 0.831. The molecule has 1 heterocycles. The minimum absolute atomic E-state index is 0.138. The Morgan fingerprint density at radius 3 is 2.41 bits per heavy atom. The molecule has 0 aliphatic carbocycles. The molecule has 1 aromatic carbocycles. The maximum atomic E-state index is 13.6. The number of amides is 3. The number of benzene rings is 1. The van der Waals surface area contributed by atoms with E-state index in [9.17, 15) is 18.4 Å². The molecule has 3 amide bonds. The summed E-state index contributed by atoms with van der Waals surface area (Å²) in [6.45, 7) is 1.34. The average Bonchev–Trinajstić information content (AvgIpc) is 2.52. The Hall–Kier alpha value is -2.62. The molecule has 0 aromatic heterocycles. The largest absolute Gasteiger partial charge is 0.335 e. The van der Waals surface area contributed by atoms with Gasteiger partial charge in [0.05, 0.1) is 12.1 Å². The molecule has 1 aromatic rings. The van der Waals surface area contributed by atoms with Gasteiger partial charge in [-0.15, -0.1) is 6.42 Å². The first-order valence-electron chi connectivity index (χ1n) is 6.73. The van der Waals surface area contributed by atoms with Crippen LogP contribution in [0.5, 0.6) is 0 Å². The molecule has 0 bridgehead atoms. The lowest BCUT2D eigenvalue weighted by molar-refractivity contribution is 0.0661. The van der Waals surface area contributed by atoms with Gasteiger partial charge in [-0.1, -0.05) is 5.92 Å². The molecule has 0 saturated carbocycles. The van der Waals surface area contributed by atoms with Crippen molar-refractivity contribution in [3.05, 3.63) is 35.4 Å². The van der Waals surface area contributed by atoms with Crippen LogP contribution in [0.3, 0.4) is 0 Å². The van der Waals surface area contributed by atoms with Crippen LogP contribution < -0.4 is 5.32 Å². The minimum atomic E-state index is -0.890. The third-order valence-corrected chi connectivity index (χ3v) is 3.36. The normalized spacial score (nSPS) is 14.4. The molecule has 2 rings (SSSR count). The molecule has 0 spiro atoms. The summed E-state index contributed by atoms with van der Waals surface area (Å²) in [4.78, 5) is 26.9. The molecule has 0 radical (unpaired) electrons. The summed E-state index contributed by atoms with van der Waals surface area (Å²) in [7, 11) is 0. The van der Waals surface area contributed by atoms with Crippen molar-refractivity contribution in [1.29, 1.82) is 0 Å². The van der Waals surface area contributed by atoms with E-state index in [1.807, 2.05) is 0 Å². The molecule has 1 saturated heterocycles. The van der Waals surface area contributed by atoms with Crippen molar-refractivity contribution in [3.63, 3.8) is 0 Å². The van der Waals surface area contributed by atoms with Gasteiger partial charge in [-0.05, 0) is 12.1 Å². The van der Waals surface area contributed by atoms with Gasteiger partial charge >= 0.3 is 6.03 Å². The summed E-state index contributed by atoms with van der Waals surface area (Å²) in [6, 6.07) is 2.55. The lowest BCUT2D eigenvalue weighted by Gasteiger charge is -2.34. The molecule has 5 nitrogen and oxygen atoms in total. The first kappa shape index (κ1) is 15.8. The number of terminal acetylenes is 1. The molecular weight excluding hydrogens is 292 g/mol. The third kappa shape index (κ3) is 3.52. The number of rotatable bonds is 2. The van der Waals surface area contributed by atoms with Crippen LogP contribution in [0.1, 0.15) is 10.4 Å². The molecule has 0 unspecified atom stereocenters. The van der Waals surface area contributed by atoms with Crippen molar-refractivity contribution >= 4 is 11.9 Å². The molecule has 1 aliphatic heterocycles. The Labute approximate surface area is 126 Å². The van der Waals surface area contributed by atoms with Crippen molar-refractivity contribution < 1.29 is 18.4 Å². The number of nitrogens with zero attached hydrogens (tertiary/aromatic N) is 2. The van der Waals surface area contributed by atoms with Crippen molar-refractivity contribution in [2.24, 2.45) is 0 Å². The maximum Gasteiger partial charge on any atom is 0.318 e. The van der Waals surface area contributed by atoms with E-state index in [0.717, 1.165) is 12.1 Å². The van der Waals surface area contributed by atoms with Gasteiger partial charge in [-0.3, -0.25) is 4.79 Å². The summed E-state index contributed by atoms with van der Waals surface area (Å²) < 4.78 is 26.5. The highest BCUT2D eigenvalue weighted by Gasteiger charge is 2.26. The third-order valence-electron chi connectivity index (χ3n) is 3.36. The molecule has 1 N–H and O–H groups in total. The van der Waals surface area contributed by atoms with Crippen LogP contribution in [0.15, 0.2) is 18.2 Å². The average molecular weight is 307 g/mol. The van der Waals surface area contributed by atoms with Crippen molar-refractivity contribution in [1.82, 2.24) is 15.1 Å². The van der Waals surface area contributed by atoms with Crippen LogP contribution in [-0.2, 0) is 0 Å². The minimum Gasteiger partial charge on any atom is -0.335 e. The van der Waals surface area contributed by atoms with Gasteiger partial charge in [0.2, 0.25) is 0 Å². The number of piperazine rings is 1. The molecule has 116 valence electrons. The summed E-state index contributed by atoms with van der Waals surface area (Å²) in [5.41, 5.74) is -0.174. The van der Waals surface area contributed by atoms with Crippen LogP contribution >= 0.6 is 0 Å². The van der Waals surface area contributed by atoms with E-state index in [1.54, 1.807) is 0 Å². The van der Waals surface area contributed by atoms with Crippen molar-refractivity contribution in [2.75, 3.05) is 32.7 Å². The fourth-order valence-electron chi connectivity index (χ4n) is 2.18. The Morgan fingerprint density at radius 1 is 1.18 bits per heavy atom. The number of urea groups is 1. The highest BCUT2D eigenvalue weighted by molar-refractivity contribution is 5.94. The highest BCUT2D eigenvalue weighted by Crippen LogP contribution is 2.14. The smallest absolute Gasteiger partial charge is 0.318 e. The van der Waals surface area contributed by atoms with E-state index in [2.05, 4.69) is 11.2 Å². The van der Waals surface area contributed by atoms with Crippen LogP contribution in [0.2, 0.25) is 0 Å². The van der Waals surface area contributed by atoms with E-state index < -0.39 is 17.5 Å². The van der Waals surface area contributed by atoms with E-state index in [-0.39, 0.29) is 31.2 Å². The lowest BCUT2D eigenvalue weighted by atomic mass is 10.1. The Bertz CT molecular complexity index is 620. The molecule has 1 aliphatic rings. The fraction of sp³-hybridized carbons (Fsp3) is 0.333. The van der Waals surface area contributed by atoms with Gasteiger partial charge < -0.3 is 15.1 Å². The Morgan fingerprint density at radius 2 is 1.82 bits per heavy atom. The molecule has 1 fully saturated rings. The molecule has 22 heavy (non-hydrogen) atoms. The zero-order valence-corrected chi connectivity index (χ0v) is 11.8. The topological polar surface area (TPSA) is 52.7 Å². The molecular formula is C15H15F2N3O2. The van der Waals surface area contributed by atoms with Gasteiger partial charge in [-0.2, -0.15) is 0 Å². The van der Waals surface area contributed by atoms with Crippen LogP contribution in [-0.4, -0.2) is 54.5 Å². The van der Waals surface area contributed by atoms with E-state index in [1.165, 1.54) is 9.80 Å². The van der Waals surface area contributed by atoms with Crippen molar-refractivity contribution in [2.45, 2.75) is 0 Å². The maximum absolute atomic E-state index is 13.6. The summed E-state index contributed by atoms with van der Waals surface area (Å²) >= 11 is 0.